The molecule has 2 heterocycles. The summed E-state index contributed by atoms with van der Waals surface area (Å²) < 4.78 is 11.5. The standard InChI is InChI=1S/C19H17ClN2O4/c20-14-7-2-3-8-15(14)21-17(23)12-22-16-9-4-1-6-13(16)19(18(22)24)25-10-5-11-26-19/h1-4,6-9H,5,10-12H2,(H,21,23). The smallest absolute Gasteiger partial charge is 0.293 e. The molecule has 2 aromatic carbocycles. The van der Waals surface area contributed by atoms with Gasteiger partial charge in [0.1, 0.15) is 6.54 Å². The first-order valence-corrected chi connectivity index (χ1v) is 8.73. The fourth-order valence-corrected chi connectivity index (χ4v) is 3.44. The first-order valence-electron chi connectivity index (χ1n) is 8.35. The van der Waals surface area contributed by atoms with Crippen molar-refractivity contribution >= 4 is 34.8 Å². The number of benzene rings is 2. The molecule has 1 N–H and O–H groups in total. The molecule has 0 aromatic heterocycles. The second-order valence-electron chi connectivity index (χ2n) is 6.10. The summed E-state index contributed by atoms with van der Waals surface area (Å²) in [7, 11) is 0. The fourth-order valence-electron chi connectivity index (χ4n) is 3.25. The van der Waals surface area contributed by atoms with E-state index < -0.39 is 5.79 Å². The van der Waals surface area contributed by atoms with E-state index in [0.717, 1.165) is 6.42 Å². The van der Waals surface area contributed by atoms with Gasteiger partial charge >= 0.3 is 0 Å². The molecule has 26 heavy (non-hydrogen) atoms. The molecular weight excluding hydrogens is 356 g/mol. The Labute approximate surface area is 155 Å². The molecule has 2 aliphatic rings. The SMILES string of the molecule is O=C(CN1C(=O)C2(OCCCO2)c2ccccc21)Nc1ccccc1Cl. The van der Waals surface area contributed by atoms with Gasteiger partial charge in [0.05, 0.1) is 29.6 Å². The van der Waals surface area contributed by atoms with Crippen LogP contribution in [0.1, 0.15) is 12.0 Å². The quantitative estimate of drug-likeness (QED) is 0.899. The van der Waals surface area contributed by atoms with E-state index in [-0.39, 0.29) is 18.4 Å². The number of ether oxygens (including phenoxy) is 2. The predicted octanol–water partition coefficient (Wildman–Crippen LogP) is 2.92. The molecule has 2 amide bonds. The highest BCUT2D eigenvalue weighted by atomic mass is 35.5. The number of carbonyl (C=O) groups excluding carboxylic acids is 2. The van der Waals surface area contributed by atoms with E-state index in [1.54, 1.807) is 36.4 Å². The molecule has 2 aromatic rings. The molecule has 2 aliphatic heterocycles. The van der Waals surface area contributed by atoms with Crippen LogP contribution < -0.4 is 10.2 Å². The van der Waals surface area contributed by atoms with E-state index in [1.807, 2.05) is 12.1 Å². The molecular formula is C19H17ClN2O4. The minimum atomic E-state index is -1.44. The summed E-state index contributed by atoms with van der Waals surface area (Å²) in [6.45, 7) is 0.703. The number of carbonyl (C=O) groups is 2. The van der Waals surface area contributed by atoms with E-state index in [1.165, 1.54) is 4.90 Å². The third-order valence-corrected chi connectivity index (χ3v) is 4.75. The van der Waals surface area contributed by atoms with Crippen molar-refractivity contribution in [2.45, 2.75) is 12.2 Å². The Kier molecular flexibility index (Phi) is 4.40. The van der Waals surface area contributed by atoms with Gasteiger partial charge in [-0.1, -0.05) is 41.9 Å². The molecule has 1 saturated heterocycles. The van der Waals surface area contributed by atoms with Crippen molar-refractivity contribution in [2.24, 2.45) is 0 Å². The molecule has 1 fully saturated rings. The van der Waals surface area contributed by atoms with Gasteiger partial charge < -0.3 is 14.8 Å². The summed E-state index contributed by atoms with van der Waals surface area (Å²) in [5.74, 6) is -2.18. The van der Waals surface area contributed by atoms with E-state index >= 15 is 0 Å². The predicted molar refractivity (Wildman–Crippen MR) is 97.1 cm³/mol. The normalized spacial score (nSPS) is 18.0. The van der Waals surface area contributed by atoms with Gasteiger partial charge in [-0.15, -0.1) is 0 Å². The second kappa shape index (κ2) is 6.72. The Morgan fingerprint density at radius 3 is 2.58 bits per heavy atom. The number of nitrogens with zero attached hydrogens (tertiary/aromatic N) is 1. The molecule has 0 atom stereocenters. The van der Waals surface area contributed by atoms with Gasteiger partial charge in [0.25, 0.3) is 11.7 Å². The van der Waals surface area contributed by atoms with Crippen molar-refractivity contribution in [3.05, 3.63) is 59.1 Å². The number of nitrogens with one attached hydrogen (secondary N) is 1. The Morgan fingerprint density at radius 2 is 1.81 bits per heavy atom. The van der Waals surface area contributed by atoms with Gasteiger partial charge in [-0.05, 0) is 24.6 Å². The van der Waals surface area contributed by atoms with Crippen LogP contribution in [0.3, 0.4) is 0 Å². The van der Waals surface area contributed by atoms with E-state index in [2.05, 4.69) is 5.32 Å². The Bertz CT molecular complexity index is 864. The van der Waals surface area contributed by atoms with Crippen molar-refractivity contribution < 1.29 is 19.1 Å². The Hall–Kier alpha value is -2.41. The summed E-state index contributed by atoms with van der Waals surface area (Å²) in [4.78, 5) is 27.0. The minimum absolute atomic E-state index is 0.157. The number of hydrogen-bond donors (Lipinski definition) is 1. The average Bonchev–Trinajstić information content (AvgIpc) is 2.88. The highest BCUT2D eigenvalue weighted by Crippen LogP contribution is 2.44. The number of fused-ring (bicyclic) bond motifs is 2. The zero-order chi connectivity index (χ0) is 18.1. The molecule has 4 rings (SSSR count). The highest BCUT2D eigenvalue weighted by molar-refractivity contribution is 6.33. The lowest BCUT2D eigenvalue weighted by Gasteiger charge is -2.32. The topological polar surface area (TPSA) is 67.9 Å². The highest BCUT2D eigenvalue weighted by Gasteiger charge is 2.55. The third kappa shape index (κ3) is 2.76. The lowest BCUT2D eigenvalue weighted by Crippen LogP contribution is -2.48. The molecule has 134 valence electrons. The van der Waals surface area contributed by atoms with Crippen LogP contribution in [0.4, 0.5) is 11.4 Å². The fraction of sp³-hybridized carbons (Fsp3) is 0.263. The van der Waals surface area contributed by atoms with Crippen molar-refractivity contribution in [1.29, 1.82) is 0 Å². The van der Waals surface area contributed by atoms with Crippen molar-refractivity contribution in [1.82, 2.24) is 0 Å². The van der Waals surface area contributed by atoms with Crippen LogP contribution in [-0.2, 0) is 24.8 Å². The van der Waals surface area contributed by atoms with Gasteiger partial charge in [-0.2, -0.15) is 0 Å². The average molecular weight is 373 g/mol. The maximum absolute atomic E-state index is 13.1. The second-order valence-corrected chi connectivity index (χ2v) is 6.51. The first-order chi connectivity index (χ1) is 12.6. The molecule has 1 spiro atoms. The first kappa shape index (κ1) is 17.0. The lowest BCUT2D eigenvalue weighted by molar-refractivity contribution is -0.256. The number of hydrogen-bond acceptors (Lipinski definition) is 4. The maximum atomic E-state index is 13.1. The van der Waals surface area contributed by atoms with Crippen LogP contribution in [0.15, 0.2) is 48.5 Å². The number of halogens is 1. The molecule has 0 aliphatic carbocycles. The number of para-hydroxylation sites is 2. The molecule has 0 radical (unpaired) electrons. The van der Waals surface area contributed by atoms with Crippen LogP contribution in [-0.4, -0.2) is 31.6 Å². The van der Waals surface area contributed by atoms with Crippen LogP contribution >= 0.6 is 11.6 Å². The Morgan fingerprint density at radius 1 is 1.12 bits per heavy atom. The van der Waals surface area contributed by atoms with Gasteiger partial charge in [-0.3, -0.25) is 14.5 Å². The van der Waals surface area contributed by atoms with Crippen LogP contribution in [0.25, 0.3) is 0 Å². The minimum Gasteiger partial charge on any atom is -0.338 e. The Balaban J connectivity index is 1.60. The van der Waals surface area contributed by atoms with Crippen molar-refractivity contribution in [3.63, 3.8) is 0 Å². The van der Waals surface area contributed by atoms with Crippen LogP contribution in [0, 0.1) is 0 Å². The van der Waals surface area contributed by atoms with E-state index in [0.29, 0.717) is 35.2 Å². The number of rotatable bonds is 3. The molecule has 0 unspecified atom stereocenters. The van der Waals surface area contributed by atoms with E-state index in [9.17, 15) is 9.59 Å². The van der Waals surface area contributed by atoms with Gasteiger partial charge in [0.2, 0.25) is 5.91 Å². The molecule has 0 saturated carbocycles. The summed E-state index contributed by atoms with van der Waals surface area (Å²) in [6.07, 6.45) is 0.726. The van der Waals surface area contributed by atoms with Crippen LogP contribution in [0.5, 0.6) is 0 Å². The van der Waals surface area contributed by atoms with Crippen molar-refractivity contribution in [3.8, 4) is 0 Å². The summed E-state index contributed by atoms with van der Waals surface area (Å²) in [5.41, 5.74) is 1.75. The van der Waals surface area contributed by atoms with Gasteiger partial charge in [0.15, 0.2) is 0 Å². The lowest BCUT2D eigenvalue weighted by atomic mass is 10.1. The van der Waals surface area contributed by atoms with Crippen LogP contribution in [0.2, 0.25) is 5.02 Å². The maximum Gasteiger partial charge on any atom is 0.293 e. The number of amides is 2. The summed E-state index contributed by atoms with van der Waals surface area (Å²) in [5, 5.41) is 3.17. The van der Waals surface area contributed by atoms with Crippen molar-refractivity contribution in [2.75, 3.05) is 30.0 Å². The molecule has 7 heteroatoms. The van der Waals surface area contributed by atoms with E-state index in [4.69, 9.17) is 21.1 Å². The van der Waals surface area contributed by atoms with Gasteiger partial charge in [-0.25, -0.2) is 0 Å². The summed E-state index contributed by atoms with van der Waals surface area (Å²) in [6, 6.07) is 14.2. The zero-order valence-corrected chi connectivity index (χ0v) is 14.7. The third-order valence-electron chi connectivity index (χ3n) is 4.43. The zero-order valence-electron chi connectivity index (χ0n) is 13.9. The largest absolute Gasteiger partial charge is 0.338 e. The monoisotopic (exact) mass is 372 g/mol. The molecule has 0 bridgehead atoms. The van der Waals surface area contributed by atoms with Gasteiger partial charge in [0, 0.05) is 5.56 Å². The number of anilines is 2. The summed E-state index contributed by atoms with van der Waals surface area (Å²) >= 11 is 6.08. The molecule has 6 nitrogen and oxygen atoms in total.